The smallest absolute Gasteiger partial charge is 0.267 e. The number of halogens is 1. The molecule has 3 N–H and O–H groups in total. The van der Waals surface area contributed by atoms with Gasteiger partial charge in [-0.15, -0.1) is 0 Å². The first-order valence-corrected chi connectivity index (χ1v) is 6.28. The molecule has 1 unspecified atom stereocenters. The summed E-state index contributed by atoms with van der Waals surface area (Å²) >= 11 is 0. The molecule has 2 aromatic rings. The van der Waals surface area contributed by atoms with Gasteiger partial charge in [-0.05, 0) is 36.8 Å². The van der Waals surface area contributed by atoms with E-state index in [4.69, 9.17) is 5.26 Å². The minimum absolute atomic E-state index is 0.0433. The highest BCUT2D eigenvalue weighted by molar-refractivity contribution is 5.92. The molecular weight excluding hydrogens is 273 g/mol. The van der Waals surface area contributed by atoms with E-state index >= 15 is 0 Å². The molecule has 0 saturated carbocycles. The van der Waals surface area contributed by atoms with E-state index in [1.54, 1.807) is 0 Å². The number of aromatic nitrogens is 1. The Kier molecular flexibility index (Phi) is 4.05. The number of hydrogen-bond acceptors (Lipinski definition) is 3. The van der Waals surface area contributed by atoms with E-state index in [9.17, 15) is 14.3 Å². The van der Waals surface area contributed by atoms with Crippen LogP contribution < -0.4 is 5.32 Å². The molecule has 0 aliphatic rings. The second kappa shape index (κ2) is 5.77. The zero-order valence-corrected chi connectivity index (χ0v) is 11.4. The molecule has 1 amide bonds. The Labute approximate surface area is 121 Å². The summed E-state index contributed by atoms with van der Waals surface area (Å²) in [5.74, 6) is -0.826. The molecule has 2 rings (SSSR count). The Morgan fingerprint density at radius 2 is 2.05 bits per heavy atom. The number of aliphatic hydroxyl groups is 1. The summed E-state index contributed by atoms with van der Waals surface area (Å²) in [7, 11) is 0. The van der Waals surface area contributed by atoms with Crippen LogP contribution in [0, 0.1) is 17.1 Å². The number of benzene rings is 1. The lowest BCUT2D eigenvalue weighted by atomic mass is 9.96. The van der Waals surface area contributed by atoms with Crippen LogP contribution in [0.15, 0.2) is 36.4 Å². The maximum atomic E-state index is 12.9. The van der Waals surface area contributed by atoms with Crippen molar-refractivity contribution in [2.24, 2.45) is 0 Å². The quantitative estimate of drug-likeness (QED) is 0.799. The fraction of sp³-hybridized carbons (Fsp3) is 0.200. The van der Waals surface area contributed by atoms with E-state index < -0.39 is 17.3 Å². The van der Waals surface area contributed by atoms with Gasteiger partial charge in [0.25, 0.3) is 5.91 Å². The highest BCUT2D eigenvalue weighted by atomic mass is 19.1. The Morgan fingerprint density at radius 1 is 1.38 bits per heavy atom. The average Bonchev–Trinajstić information content (AvgIpc) is 2.94. The number of amides is 1. The van der Waals surface area contributed by atoms with E-state index in [1.165, 1.54) is 43.3 Å². The molecule has 0 radical (unpaired) electrons. The van der Waals surface area contributed by atoms with Gasteiger partial charge in [-0.25, -0.2) is 4.39 Å². The molecule has 108 valence electrons. The molecule has 0 aliphatic heterocycles. The summed E-state index contributed by atoms with van der Waals surface area (Å²) < 4.78 is 12.9. The molecule has 1 atom stereocenters. The largest absolute Gasteiger partial charge is 0.384 e. The summed E-state index contributed by atoms with van der Waals surface area (Å²) in [4.78, 5) is 14.5. The summed E-state index contributed by atoms with van der Waals surface area (Å²) in [6.07, 6.45) is 0. The number of nitrogens with zero attached hydrogens (tertiary/aromatic N) is 1. The average molecular weight is 287 g/mol. The predicted molar refractivity (Wildman–Crippen MR) is 73.8 cm³/mol. The number of carbonyl (C=O) groups is 1. The van der Waals surface area contributed by atoms with Crippen LogP contribution in [0.4, 0.5) is 4.39 Å². The van der Waals surface area contributed by atoms with Crippen LogP contribution >= 0.6 is 0 Å². The summed E-state index contributed by atoms with van der Waals surface area (Å²) in [5, 5.41) is 21.6. The summed E-state index contributed by atoms with van der Waals surface area (Å²) in [6, 6.07) is 10.3. The number of nitriles is 1. The second-order valence-electron chi connectivity index (χ2n) is 4.86. The van der Waals surface area contributed by atoms with Gasteiger partial charge in [0.05, 0.1) is 6.54 Å². The first-order chi connectivity index (χ1) is 9.92. The highest BCUT2D eigenvalue weighted by Crippen LogP contribution is 2.20. The Bertz CT molecular complexity index is 684. The number of nitrogens with one attached hydrogen (secondary N) is 2. The lowest BCUT2D eigenvalue weighted by Gasteiger charge is -2.24. The zero-order valence-electron chi connectivity index (χ0n) is 11.4. The van der Waals surface area contributed by atoms with E-state index in [0.29, 0.717) is 5.56 Å². The van der Waals surface area contributed by atoms with Gasteiger partial charge < -0.3 is 15.4 Å². The molecule has 6 heteroatoms. The molecule has 0 bridgehead atoms. The molecule has 0 saturated heterocycles. The van der Waals surface area contributed by atoms with Crippen LogP contribution in [0.3, 0.4) is 0 Å². The van der Waals surface area contributed by atoms with E-state index in [-0.39, 0.29) is 17.9 Å². The number of H-pyrrole nitrogens is 1. The van der Waals surface area contributed by atoms with E-state index in [2.05, 4.69) is 10.3 Å². The van der Waals surface area contributed by atoms with Crippen LogP contribution in [0.1, 0.15) is 28.7 Å². The number of rotatable bonds is 4. The van der Waals surface area contributed by atoms with Crippen LogP contribution in [0.5, 0.6) is 0 Å². The standard InChI is InChI=1S/C15H14FN3O2/c1-15(21,10-2-4-11(16)5-3-10)9-18-14(20)13-7-6-12(8-17)19-13/h2-7,19,21H,9H2,1H3,(H,18,20). The third kappa shape index (κ3) is 3.46. The molecule has 0 aliphatic carbocycles. The van der Waals surface area contributed by atoms with Crippen molar-refractivity contribution in [2.75, 3.05) is 6.54 Å². The Balaban J connectivity index is 2.02. The lowest BCUT2D eigenvalue weighted by Crippen LogP contribution is -2.38. The van der Waals surface area contributed by atoms with Crippen molar-refractivity contribution in [3.63, 3.8) is 0 Å². The summed E-state index contributed by atoms with van der Waals surface area (Å²) in [6.45, 7) is 1.48. The van der Waals surface area contributed by atoms with Gasteiger partial charge in [0, 0.05) is 0 Å². The fourth-order valence-corrected chi connectivity index (χ4v) is 1.85. The second-order valence-corrected chi connectivity index (χ2v) is 4.86. The minimum atomic E-state index is -1.33. The van der Waals surface area contributed by atoms with E-state index in [1.807, 2.05) is 6.07 Å². The Hall–Kier alpha value is -2.65. The van der Waals surface area contributed by atoms with Gasteiger partial charge in [0.15, 0.2) is 0 Å². The maximum Gasteiger partial charge on any atom is 0.267 e. The van der Waals surface area contributed by atoms with Crippen LogP contribution in [-0.2, 0) is 5.60 Å². The van der Waals surface area contributed by atoms with Gasteiger partial charge in [-0.3, -0.25) is 4.79 Å². The molecule has 5 nitrogen and oxygen atoms in total. The summed E-state index contributed by atoms with van der Waals surface area (Å²) in [5.41, 5.74) is -0.311. The predicted octanol–water partition coefficient (Wildman–Crippen LogP) is 1.66. The van der Waals surface area contributed by atoms with Crippen LogP contribution in [0.2, 0.25) is 0 Å². The Morgan fingerprint density at radius 3 is 2.62 bits per heavy atom. The number of aromatic amines is 1. The van der Waals surface area contributed by atoms with Crippen molar-refractivity contribution in [2.45, 2.75) is 12.5 Å². The third-order valence-corrected chi connectivity index (χ3v) is 3.11. The molecule has 1 heterocycles. The zero-order chi connectivity index (χ0) is 15.5. The van der Waals surface area contributed by atoms with E-state index in [0.717, 1.165) is 0 Å². The molecule has 0 spiro atoms. The lowest BCUT2D eigenvalue weighted by molar-refractivity contribution is 0.0524. The molecule has 1 aromatic carbocycles. The van der Waals surface area contributed by atoms with Crippen molar-refractivity contribution < 1.29 is 14.3 Å². The number of hydrogen-bond donors (Lipinski definition) is 3. The number of carbonyl (C=O) groups excluding carboxylic acids is 1. The normalized spacial score (nSPS) is 13.2. The van der Waals surface area contributed by atoms with Gasteiger partial charge in [0.2, 0.25) is 0 Å². The fourth-order valence-electron chi connectivity index (χ4n) is 1.85. The van der Waals surface area contributed by atoms with Crippen molar-refractivity contribution >= 4 is 5.91 Å². The van der Waals surface area contributed by atoms with Crippen molar-refractivity contribution in [1.82, 2.24) is 10.3 Å². The minimum Gasteiger partial charge on any atom is -0.384 e. The van der Waals surface area contributed by atoms with Crippen LogP contribution in [0.25, 0.3) is 0 Å². The van der Waals surface area contributed by atoms with Gasteiger partial charge in [0.1, 0.15) is 28.9 Å². The molecular formula is C15H14FN3O2. The van der Waals surface area contributed by atoms with Gasteiger partial charge in [-0.1, -0.05) is 12.1 Å². The SMILES string of the molecule is CC(O)(CNC(=O)c1ccc(C#N)[nH]1)c1ccc(F)cc1. The van der Waals surface area contributed by atoms with Gasteiger partial charge >= 0.3 is 0 Å². The monoisotopic (exact) mass is 287 g/mol. The maximum absolute atomic E-state index is 12.9. The topological polar surface area (TPSA) is 88.9 Å². The van der Waals surface area contributed by atoms with Crippen LogP contribution in [-0.4, -0.2) is 22.5 Å². The molecule has 21 heavy (non-hydrogen) atoms. The van der Waals surface area contributed by atoms with Crippen molar-refractivity contribution in [1.29, 1.82) is 5.26 Å². The first-order valence-electron chi connectivity index (χ1n) is 6.28. The highest BCUT2D eigenvalue weighted by Gasteiger charge is 2.24. The third-order valence-electron chi connectivity index (χ3n) is 3.11. The van der Waals surface area contributed by atoms with Gasteiger partial charge in [-0.2, -0.15) is 5.26 Å². The van der Waals surface area contributed by atoms with Crippen molar-refractivity contribution in [3.05, 3.63) is 59.2 Å². The molecule has 1 aromatic heterocycles. The molecule has 0 fully saturated rings. The first kappa shape index (κ1) is 14.8. The van der Waals surface area contributed by atoms with Crippen molar-refractivity contribution in [3.8, 4) is 6.07 Å².